The first kappa shape index (κ1) is 24.3. The van der Waals surface area contributed by atoms with E-state index in [4.69, 9.17) is 11.6 Å². The molecule has 0 saturated heterocycles. The smallest absolute Gasteiger partial charge is 0.254 e. The van der Waals surface area contributed by atoms with Gasteiger partial charge in [0.15, 0.2) is 5.13 Å². The highest BCUT2D eigenvalue weighted by Crippen LogP contribution is 2.17. The Morgan fingerprint density at radius 3 is 2.48 bits per heavy atom. The molecule has 3 rings (SSSR count). The van der Waals surface area contributed by atoms with Gasteiger partial charge in [0.25, 0.3) is 5.91 Å². The minimum atomic E-state index is -0.353. The van der Waals surface area contributed by atoms with Gasteiger partial charge in [0.1, 0.15) is 6.54 Å². The normalized spacial score (nSPS) is 10.5. The molecule has 3 aromatic rings. The van der Waals surface area contributed by atoms with Gasteiger partial charge in [-0.2, -0.15) is 0 Å². The SMILES string of the molecule is CCCN(CC(=O)Nc1nc(CC(=O)NCc2ccncc2)cs1)C(=O)c1ccc(Cl)cc1. The van der Waals surface area contributed by atoms with Gasteiger partial charge in [-0.1, -0.05) is 18.5 Å². The summed E-state index contributed by atoms with van der Waals surface area (Å²) in [6.07, 6.45) is 4.15. The van der Waals surface area contributed by atoms with Gasteiger partial charge in [-0.25, -0.2) is 4.98 Å². The van der Waals surface area contributed by atoms with Crippen LogP contribution < -0.4 is 10.6 Å². The van der Waals surface area contributed by atoms with Crippen LogP contribution in [-0.2, 0) is 22.6 Å². The van der Waals surface area contributed by atoms with Crippen molar-refractivity contribution in [1.29, 1.82) is 0 Å². The third kappa shape index (κ3) is 7.65. The summed E-state index contributed by atoms with van der Waals surface area (Å²) in [5.74, 6) is -0.763. The van der Waals surface area contributed by atoms with Crippen molar-refractivity contribution in [1.82, 2.24) is 20.2 Å². The number of nitrogens with zero attached hydrogens (tertiary/aromatic N) is 3. The van der Waals surface area contributed by atoms with Crippen molar-refractivity contribution in [2.45, 2.75) is 26.3 Å². The van der Waals surface area contributed by atoms with Crippen LogP contribution in [0, 0.1) is 0 Å². The number of carbonyl (C=O) groups is 3. The average Bonchev–Trinajstić information content (AvgIpc) is 3.24. The number of rotatable bonds is 10. The van der Waals surface area contributed by atoms with Crippen molar-refractivity contribution in [2.75, 3.05) is 18.4 Å². The summed E-state index contributed by atoms with van der Waals surface area (Å²) >= 11 is 7.12. The number of benzene rings is 1. The molecule has 0 aliphatic carbocycles. The average molecular weight is 486 g/mol. The first-order valence-corrected chi connectivity index (χ1v) is 11.6. The van der Waals surface area contributed by atoms with E-state index >= 15 is 0 Å². The van der Waals surface area contributed by atoms with Crippen LogP contribution in [0.15, 0.2) is 54.2 Å². The molecule has 3 amide bonds. The number of aromatic nitrogens is 2. The maximum absolute atomic E-state index is 12.8. The molecule has 0 spiro atoms. The number of thiazole rings is 1. The molecule has 0 aliphatic rings. The molecule has 0 unspecified atom stereocenters. The predicted octanol–water partition coefficient (Wildman–Crippen LogP) is 3.54. The quantitative estimate of drug-likeness (QED) is 0.457. The number of pyridine rings is 1. The van der Waals surface area contributed by atoms with Crippen molar-refractivity contribution in [2.24, 2.45) is 0 Å². The summed E-state index contributed by atoms with van der Waals surface area (Å²) in [5.41, 5.74) is 1.98. The summed E-state index contributed by atoms with van der Waals surface area (Å²) in [6.45, 7) is 2.68. The summed E-state index contributed by atoms with van der Waals surface area (Å²) in [5, 5.41) is 8.19. The highest BCUT2D eigenvalue weighted by Gasteiger charge is 2.19. The fraction of sp³-hybridized carbons (Fsp3) is 0.261. The monoisotopic (exact) mass is 485 g/mol. The molecule has 0 fully saturated rings. The van der Waals surface area contributed by atoms with Gasteiger partial charge < -0.3 is 15.5 Å². The number of hydrogen-bond acceptors (Lipinski definition) is 6. The second kappa shape index (κ2) is 12.1. The van der Waals surface area contributed by atoms with Crippen molar-refractivity contribution < 1.29 is 14.4 Å². The topological polar surface area (TPSA) is 104 Å². The van der Waals surface area contributed by atoms with E-state index in [0.29, 0.717) is 40.9 Å². The molecule has 33 heavy (non-hydrogen) atoms. The zero-order chi connectivity index (χ0) is 23.6. The van der Waals surface area contributed by atoms with E-state index in [-0.39, 0.29) is 30.7 Å². The molecule has 0 saturated carbocycles. The van der Waals surface area contributed by atoms with Crippen molar-refractivity contribution in [3.05, 3.63) is 76.0 Å². The Balaban J connectivity index is 1.51. The van der Waals surface area contributed by atoms with E-state index in [1.807, 2.05) is 19.1 Å². The van der Waals surface area contributed by atoms with E-state index in [2.05, 4.69) is 20.6 Å². The largest absolute Gasteiger partial charge is 0.352 e. The zero-order valence-corrected chi connectivity index (χ0v) is 19.7. The summed E-state index contributed by atoms with van der Waals surface area (Å²) in [4.78, 5) is 47.2. The van der Waals surface area contributed by atoms with Gasteiger partial charge in [0.05, 0.1) is 12.1 Å². The first-order valence-electron chi connectivity index (χ1n) is 10.4. The fourth-order valence-electron chi connectivity index (χ4n) is 3.00. The maximum Gasteiger partial charge on any atom is 0.254 e. The van der Waals surface area contributed by atoms with Crippen LogP contribution >= 0.6 is 22.9 Å². The van der Waals surface area contributed by atoms with Crippen LogP contribution in [0.3, 0.4) is 0 Å². The predicted molar refractivity (Wildman–Crippen MR) is 128 cm³/mol. The van der Waals surface area contributed by atoms with Gasteiger partial charge in [0, 0.05) is 41.4 Å². The Bertz CT molecular complexity index is 1090. The Morgan fingerprint density at radius 2 is 1.79 bits per heavy atom. The fourth-order valence-corrected chi connectivity index (χ4v) is 3.86. The van der Waals surface area contributed by atoms with E-state index in [9.17, 15) is 14.4 Å². The molecule has 172 valence electrons. The number of nitrogens with one attached hydrogen (secondary N) is 2. The van der Waals surface area contributed by atoms with Gasteiger partial charge in [-0.15, -0.1) is 11.3 Å². The second-order valence-corrected chi connectivity index (χ2v) is 8.53. The van der Waals surface area contributed by atoms with Crippen LogP contribution in [0.2, 0.25) is 5.02 Å². The summed E-state index contributed by atoms with van der Waals surface area (Å²) in [6, 6.07) is 10.2. The van der Waals surface area contributed by atoms with Crippen LogP contribution in [0.1, 0.15) is 35.0 Å². The summed E-state index contributed by atoms with van der Waals surface area (Å²) in [7, 11) is 0. The van der Waals surface area contributed by atoms with Gasteiger partial charge >= 0.3 is 0 Å². The third-order valence-electron chi connectivity index (χ3n) is 4.59. The van der Waals surface area contributed by atoms with E-state index < -0.39 is 0 Å². The number of halogens is 1. The third-order valence-corrected chi connectivity index (χ3v) is 5.64. The van der Waals surface area contributed by atoms with E-state index in [0.717, 1.165) is 5.56 Å². The van der Waals surface area contributed by atoms with Crippen molar-refractivity contribution in [3.8, 4) is 0 Å². The Morgan fingerprint density at radius 1 is 1.06 bits per heavy atom. The van der Waals surface area contributed by atoms with Crippen molar-refractivity contribution in [3.63, 3.8) is 0 Å². The standard InChI is InChI=1S/C23H24ClN5O3S/c1-2-11-29(22(32)17-3-5-18(24)6-4-17)14-21(31)28-23-27-19(15-33-23)12-20(30)26-13-16-7-9-25-10-8-16/h3-10,15H,2,11-14H2,1H3,(H,26,30)(H,27,28,31). The number of hydrogen-bond donors (Lipinski definition) is 2. The molecular formula is C23H24ClN5O3S. The molecule has 0 aliphatic heterocycles. The van der Waals surface area contributed by atoms with Gasteiger partial charge in [-0.3, -0.25) is 19.4 Å². The lowest BCUT2D eigenvalue weighted by Gasteiger charge is -2.21. The highest BCUT2D eigenvalue weighted by atomic mass is 35.5. The minimum Gasteiger partial charge on any atom is -0.352 e. The van der Waals surface area contributed by atoms with E-state index in [1.165, 1.54) is 16.2 Å². The van der Waals surface area contributed by atoms with Crippen LogP contribution in [-0.4, -0.2) is 45.7 Å². The molecule has 0 bridgehead atoms. The lowest BCUT2D eigenvalue weighted by molar-refractivity contribution is -0.120. The molecule has 0 radical (unpaired) electrons. The zero-order valence-electron chi connectivity index (χ0n) is 18.1. The Kier molecular flexibility index (Phi) is 8.91. The summed E-state index contributed by atoms with van der Waals surface area (Å²) < 4.78 is 0. The molecule has 2 heterocycles. The lowest BCUT2D eigenvalue weighted by atomic mass is 10.2. The first-order chi connectivity index (χ1) is 15.9. The molecule has 1 aromatic carbocycles. The Labute approximate surface area is 201 Å². The van der Waals surface area contributed by atoms with Crippen molar-refractivity contribution >= 4 is 45.8 Å². The number of carbonyl (C=O) groups excluding carboxylic acids is 3. The second-order valence-electron chi connectivity index (χ2n) is 7.23. The highest BCUT2D eigenvalue weighted by molar-refractivity contribution is 7.13. The minimum absolute atomic E-state index is 0.101. The number of anilines is 1. The molecule has 10 heteroatoms. The molecule has 2 N–H and O–H groups in total. The Hall–Kier alpha value is -3.30. The van der Waals surface area contributed by atoms with Gasteiger partial charge in [0.2, 0.25) is 11.8 Å². The lowest BCUT2D eigenvalue weighted by Crippen LogP contribution is -2.38. The molecule has 2 aromatic heterocycles. The molecule has 0 atom stereocenters. The van der Waals surface area contributed by atoms with E-state index in [1.54, 1.807) is 42.0 Å². The van der Waals surface area contributed by atoms with Gasteiger partial charge in [-0.05, 0) is 48.4 Å². The van der Waals surface area contributed by atoms with Crippen LogP contribution in [0.4, 0.5) is 5.13 Å². The number of amides is 3. The van der Waals surface area contributed by atoms with Crippen LogP contribution in [0.5, 0.6) is 0 Å². The molecular weight excluding hydrogens is 462 g/mol. The maximum atomic E-state index is 12.8. The molecule has 8 nitrogen and oxygen atoms in total. The van der Waals surface area contributed by atoms with Crippen LogP contribution in [0.25, 0.3) is 0 Å².